The number of aromatic amines is 1. The van der Waals surface area contributed by atoms with E-state index in [1.54, 1.807) is 19.2 Å². The number of hydrogen-bond acceptors (Lipinski definition) is 2. The lowest BCUT2D eigenvalue weighted by Crippen LogP contribution is -2.15. The summed E-state index contributed by atoms with van der Waals surface area (Å²) in [7, 11) is 0. The van der Waals surface area contributed by atoms with E-state index in [0.717, 1.165) is 5.56 Å². The molecule has 2 N–H and O–H groups in total. The maximum Gasteiger partial charge on any atom is 0.308 e. The molecule has 1 aromatic heterocycles. The number of nitrogens with one attached hydrogen (secondary N) is 1. The summed E-state index contributed by atoms with van der Waals surface area (Å²) in [4.78, 5) is 23.7. The van der Waals surface area contributed by atoms with Crippen molar-refractivity contribution in [2.45, 2.75) is 13.3 Å². The highest BCUT2D eigenvalue weighted by Gasteiger charge is 2.04. The molecule has 0 unspecified atom stereocenters. The minimum absolute atomic E-state index is 0.225. The predicted molar refractivity (Wildman–Crippen MR) is 43.1 cm³/mol. The SMILES string of the molecule is Cc1c[nH]c(=O)c(CC(=O)O)c1. The van der Waals surface area contributed by atoms with Gasteiger partial charge in [-0.1, -0.05) is 0 Å². The van der Waals surface area contributed by atoms with Crippen LogP contribution in [-0.2, 0) is 11.2 Å². The quantitative estimate of drug-likeness (QED) is 0.666. The van der Waals surface area contributed by atoms with Crippen LogP contribution < -0.4 is 5.56 Å². The Hall–Kier alpha value is -1.58. The number of carboxylic acid groups (broad SMARTS) is 1. The Morgan fingerprint density at radius 3 is 2.92 bits per heavy atom. The highest BCUT2D eigenvalue weighted by atomic mass is 16.4. The van der Waals surface area contributed by atoms with Crippen molar-refractivity contribution in [3.05, 3.63) is 33.7 Å². The molecule has 0 radical (unpaired) electrons. The summed E-state index contributed by atoms with van der Waals surface area (Å²) in [5, 5.41) is 8.43. The summed E-state index contributed by atoms with van der Waals surface area (Å²) >= 11 is 0. The highest BCUT2D eigenvalue weighted by molar-refractivity contribution is 5.70. The molecule has 0 bridgehead atoms. The number of aryl methyl sites for hydroxylation is 1. The molecule has 1 rings (SSSR count). The van der Waals surface area contributed by atoms with Crippen molar-refractivity contribution in [1.29, 1.82) is 0 Å². The number of H-pyrrole nitrogens is 1. The number of hydrogen-bond donors (Lipinski definition) is 2. The zero-order valence-corrected chi connectivity index (χ0v) is 6.63. The normalized spacial score (nSPS) is 9.75. The maximum absolute atomic E-state index is 11.0. The Morgan fingerprint density at radius 1 is 1.67 bits per heavy atom. The van der Waals surface area contributed by atoms with Gasteiger partial charge in [0.15, 0.2) is 0 Å². The standard InChI is InChI=1S/C8H9NO3/c1-5-2-6(3-7(10)11)8(12)9-4-5/h2,4H,3H2,1H3,(H,9,12)(H,10,11). The van der Waals surface area contributed by atoms with Gasteiger partial charge < -0.3 is 10.1 Å². The van der Waals surface area contributed by atoms with Gasteiger partial charge in [0.05, 0.1) is 6.42 Å². The maximum atomic E-state index is 11.0. The third kappa shape index (κ3) is 1.95. The molecule has 0 aromatic carbocycles. The Morgan fingerprint density at radius 2 is 2.33 bits per heavy atom. The average Bonchev–Trinajstić information content (AvgIpc) is 1.96. The Labute approximate surface area is 68.9 Å². The minimum atomic E-state index is -0.994. The van der Waals surface area contributed by atoms with E-state index in [9.17, 15) is 9.59 Å². The average molecular weight is 167 g/mol. The number of aromatic nitrogens is 1. The molecule has 12 heavy (non-hydrogen) atoms. The lowest BCUT2D eigenvalue weighted by atomic mass is 10.1. The first kappa shape index (κ1) is 8.52. The molecule has 0 saturated heterocycles. The van der Waals surface area contributed by atoms with Gasteiger partial charge >= 0.3 is 5.97 Å². The van der Waals surface area contributed by atoms with Crippen molar-refractivity contribution >= 4 is 5.97 Å². The monoisotopic (exact) mass is 167 g/mol. The molecule has 4 heteroatoms. The fraction of sp³-hybridized carbons (Fsp3) is 0.250. The van der Waals surface area contributed by atoms with Gasteiger partial charge in [-0.05, 0) is 18.6 Å². The van der Waals surface area contributed by atoms with E-state index in [1.165, 1.54) is 0 Å². The van der Waals surface area contributed by atoms with Crippen LogP contribution in [0, 0.1) is 6.92 Å². The van der Waals surface area contributed by atoms with E-state index in [2.05, 4.69) is 4.98 Å². The zero-order valence-electron chi connectivity index (χ0n) is 6.63. The fourth-order valence-corrected chi connectivity index (χ4v) is 0.948. The van der Waals surface area contributed by atoms with Crippen LogP contribution in [0.15, 0.2) is 17.1 Å². The van der Waals surface area contributed by atoms with Crippen LogP contribution in [-0.4, -0.2) is 16.1 Å². The molecule has 0 aliphatic carbocycles. The number of pyridine rings is 1. The van der Waals surface area contributed by atoms with Crippen molar-refractivity contribution in [2.75, 3.05) is 0 Å². The lowest BCUT2D eigenvalue weighted by Gasteiger charge is -1.96. The molecule has 0 aliphatic rings. The molecule has 64 valence electrons. The van der Waals surface area contributed by atoms with Crippen LogP contribution in [0.2, 0.25) is 0 Å². The second kappa shape index (κ2) is 3.21. The van der Waals surface area contributed by atoms with Gasteiger partial charge in [-0.25, -0.2) is 0 Å². The zero-order chi connectivity index (χ0) is 9.14. The van der Waals surface area contributed by atoms with Crippen LogP contribution in [0.4, 0.5) is 0 Å². The molecule has 0 fully saturated rings. The van der Waals surface area contributed by atoms with E-state index < -0.39 is 5.97 Å². The second-order valence-corrected chi connectivity index (χ2v) is 2.60. The molecular formula is C8H9NO3. The van der Waals surface area contributed by atoms with Crippen LogP contribution in [0.5, 0.6) is 0 Å². The van der Waals surface area contributed by atoms with Crippen molar-refractivity contribution < 1.29 is 9.90 Å². The number of carbonyl (C=O) groups is 1. The summed E-state index contributed by atoms with van der Waals surface area (Å²) in [5.41, 5.74) is 0.816. The molecule has 0 aliphatic heterocycles. The first-order valence-electron chi connectivity index (χ1n) is 3.49. The predicted octanol–water partition coefficient (Wildman–Crippen LogP) is 0.310. The lowest BCUT2D eigenvalue weighted by molar-refractivity contribution is -0.136. The summed E-state index contributed by atoms with van der Waals surface area (Å²) in [6.07, 6.45) is 1.32. The first-order chi connectivity index (χ1) is 5.59. The topological polar surface area (TPSA) is 70.2 Å². The highest BCUT2D eigenvalue weighted by Crippen LogP contribution is 1.96. The molecule has 0 amide bonds. The Bertz CT molecular complexity index is 354. The van der Waals surface area contributed by atoms with E-state index in [4.69, 9.17) is 5.11 Å². The molecule has 4 nitrogen and oxygen atoms in total. The van der Waals surface area contributed by atoms with Crippen molar-refractivity contribution in [3.63, 3.8) is 0 Å². The number of aliphatic carboxylic acids is 1. The van der Waals surface area contributed by atoms with Gasteiger partial charge in [0.2, 0.25) is 0 Å². The Balaban J connectivity index is 3.06. The Kier molecular flexibility index (Phi) is 2.28. The summed E-state index contributed by atoms with van der Waals surface area (Å²) in [6.45, 7) is 1.79. The third-order valence-electron chi connectivity index (χ3n) is 1.47. The van der Waals surface area contributed by atoms with Gasteiger partial charge in [0, 0.05) is 11.8 Å². The third-order valence-corrected chi connectivity index (χ3v) is 1.47. The van der Waals surface area contributed by atoms with Crippen LogP contribution in [0.25, 0.3) is 0 Å². The smallest absolute Gasteiger partial charge is 0.308 e. The molecule has 1 heterocycles. The fourth-order valence-electron chi connectivity index (χ4n) is 0.948. The van der Waals surface area contributed by atoms with Gasteiger partial charge in [-0.3, -0.25) is 9.59 Å². The number of rotatable bonds is 2. The van der Waals surface area contributed by atoms with Crippen molar-refractivity contribution in [2.24, 2.45) is 0 Å². The van der Waals surface area contributed by atoms with Gasteiger partial charge in [-0.15, -0.1) is 0 Å². The van der Waals surface area contributed by atoms with E-state index in [1.807, 2.05) is 0 Å². The van der Waals surface area contributed by atoms with E-state index in [0.29, 0.717) is 5.56 Å². The number of carboxylic acids is 1. The molecule has 0 atom stereocenters. The van der Waals surface area contributed by atoms with Crippen molar-refractivity contribution in [1.82, 2.24) is 4.98 Å². The molecule has 1 aromatic rings. The summed E-state index contributed by atoms with van der Waals surface area (Å²) in [5.74, 6) is -0.994. The van der Waals surface area contributed by atoms with Crippen LogP contribution in [0.1, 0.15) is 11.1 Å². The summed E-state index contributed by atoms with van der Waals surface area (Å²) in [6, 6.07) is 1.58. The summed E-state index contributed by atoms with van der Waals surface area (Å²) < 4.78 is 0. The van der Waals surface area contributed by atoms with Gasteiger partial charge in [0.1, 0.15) is 0 Å². The second-order valence-electron chi connectivity index (χ2n) is 2.60. The molecular weight excluding hydrogens is 158 g/mol. The van der Waals surface area contributed by atoms with Gasteiger partial charge in [-0.2, -0.15) is 0 Å². The first-order valence-corrected chi connectivity index (χ1v) is 3.49. The van der Waals surface area contributed by atoms with E-state index >= 15 is 0 Å². The van der Waals surface area contributed by atoms with Crippen LogP contribution in [0.3, 0.4) is 0 Å². The van der Waals surface area contributed by atoms with Gasteiger partial charge in [0.25, 0.3) is 5.56 Å². The van der Waals surface area contributed by atoms with Crippen molar-refractivity contribution in [3.8, 4) is 0 Å². The van der Waals surface area contributed by atoms with Crippen LogP contribution >= 0.6 is 0 Å². The van der Waals surface area contributed by atoms with E-state index in [-0.39, 0.29) is 12.0 Å². The minimum Gasteiger partial charge on any atom is -0.481 e. The molecule has 0 saturated carbocycles. The molecule has 0 spiro atoms. The largest absolute Gasteiger partial charge is 0.481 e.